The molecule has 1 aliphatic carbocycles. The van der Waals surface area contributed by atoms with Crippen LogP contribution in [-0.4, -0.2) is 24.5 Å². The number of hydrogen-bond acceptors (Lipinski definition) is 3. The van der Waals surface area contributed by atoms with Gasteiger partial charge in [-0.1, -0.05) is 79.2 Å². The molecule has 3 nitrogen and oxygen atoms in total. The van der Waals surface area contributed by atoms with Gasteiger partial charge in [0.05, 0.1) is 5.82 Å². The van der Waals surface area contributed by atoms with Crippen LogP contribution in [0.25, 0.3) is 5.70 Å². The van der Waals surface area contributed by atoms with E-state index in [0.717, 1.165) is 42.9 Å². The summed E-state index contributed by atoms with van der Waals surface area (Å²) >= 11 is 0. The van der Waals surface area contributed by atoms with E-state index in [1.54, 1.807) is 0 Å². The summed E-state index contributed by atoms with van der Waals surface area (Å²) in [6.45, 7) is 21.9. The number of piperidine rings is 1. The zero-order valence-corrected chi connectivity index (χ0v) is 19.7. The fraction of sp³-hybridized carbons (Fsp3) is 0.615. The molecule has 1 saturated heterocycles. The van der Waals surface area contributed by atoms with E-state index in [9.17, 15) is 0 Å². The molecule has 2 fully saturated rings. The number of nitrogens with zero attached hydrogens (tertiary/aromatic N) is 1. The largest absolute Gasteiger partial charge is 0.372 e. The molecule has 3 rings (SSSR count). The van der Waals surface area contributed by atoms with E-state index in [2.05, 4.69) is 59.9 Å². The van der Waals surface area contributed by atoms with Crippen molar-refractivity contribution in [2.75, 3.05) is 25.0 Å². The molecule has 1 aliphatic heterocycles. The highest BCUT2D eigenvalue weighted by Crippen LogP contribution is 2.38. The van der Waals surface area contributed by atoms with Crippen LogP contribution in [-0.2, 0) is 0 Å². The standard InChI is InChI=1S/C22H33N3.2C2H6/c1-4-14-23-18(3)24-22-11-9-19(10-12-22)17(2)25-15-13-20-7-5-6-8-21(20)16-25;2*1-2/h9-12,20-21,23-24H,2-8,13-16H2,1H3;2*1-2H3. The van der Waals surface area contributed by atoms with Gasteiger partial charge in [-0.25, -0.2) is 0 Å². The molecule has 2 aliphatic rings. The fourth-order valence-corrected chi connectivity index (χ4v) is 4.27. The second-order valence-corrected chi connectivity index (χ2v) is 7.59. The third kappa shape index (κ3) is 7.79. The summed E-state index contributed by atoms with van der Waals surface area (Å²) in [6, 6.07) is 8.58. The molecule has 2 N–H and O–H groups in total. The number of anilines is 1. The van der Waals surface area contributed by atoms with Gasteiger partial charge in [0.1, 0.15) is 0 Å². The second kappa shape index (κ2) is 14.1. The maximum absolute atomic E-state index is 4.39. The van der Waals surface area contributed by atoms with Crippen molar-refractivity contribution in [3.8, 4) is 0 Å². The van der Waals surface area contributed by atoms with Crippen LogP contribution in [0.15, 0.2) is 43.2 Å². The predicted octanol–water partition coefficient (Wildman–Crippen LogP) is 7.10. The Morgan fingerprint density at radius 3 is 2.21 bits per heavy atom. The molecule has 0 radical (unpaired) electrons. The van der Waals surface area contributed by atoms with Crippen LogP contribution < -0.4 is 10.6 Å². The molecule has 1 aromatic carbocycles. The van der Waals surface area contributed by atoms with Crippen molar-refractivity contribution in [3.63, 3.8) is 0 Å². The van der Waals surface area contributed by atoms with E-state index in [-0.39, 0.29) is 0 Å². The van der Waals surface area contributed by atoms with Crippen LogP contribution in [0.1, 0.15) is 78.7 Å². The third-order valence-corrected chi connectivity index (χ3v) is 5.77. The molecule has 1 saturated carbocycles. The molecular weight excluding hydrogens is 354 g/mol. The van der Waals surface area contributed by atoms with Crippen molar-refractivity contribution in [2.24, 2.45) is 11.8 Å². The summed E-state index contributed by atoms with van der Waals surface area (Å²) in [4.78, 5) is 2.51. The average Bonchev–Trinajstić information content (AvgIpc) is 2.80. The molecule has 2 atom stereocenters. The molecule has 29 heavy (non-hydrogen) atoms. The molecule has 0 amide bonds. The summed E-state index contributed by atoms with van der Waals surface area (Å²) in [6.07, 6.45) is 8.14. The van der Waals surface area contributed by atoms with Crippen molar-refractivity contribution in [1.82, 2.24) is 10.2 Å². The van der Waals surface area contributed by atoms with Crippen LogP contribution in [0.3, 0.4) is 0 Å². The number of rotatable bonds is 7. The first-order chi connectivity index (χ1) is 14.2. The van der Waals surface area contributed by atoms with Gasteiger partial charge < -0.3 is 15.5 Å². The quantitative estimate of drug-likeness (QED) is 0.512. The summed E-state index contributed by atoms with van der Waals surface area (Å²) in [7, 11) is 0. The Hall–Kier alpha value is -1.90. The van der Waals surface area contributed by atoms with Crippen molar-refractivity contribution in [3.05, 3.63) is 48.8 Å². The van der Waals surface area contributed by atoms with Crippen LogP contribution in [0, 0.1) is 11.8 Å². The summed E-state index contributed by atoms with van der Waals surface area (Å²) in [5, 5.41) is 6.58. The Balaban J connectivity index is 0.000000989. The van der Waals surface area contributed by atoms with Gasteiger partial charge in [-0.3, -0.25) is 0 Å². The van der Waals surface area contributed by atoms with Gasteiger partial charge in [0.2, 0.25) is 0 Å². The van der Waals surface area contributed by atoms with E-state index in [4.69, 9.17) is 0 Å². The topological polar surface area (TPSA) is 27.3 Å². The van der Waals surface area contributed by atoms with E-state index in [1.165, 1.54) is 49.9 Å². The number of benzene rings is 1. The van der Waals surface area contributed by atoms with Gasteiger partial charge in [-0.2, -0.15) is 0 Å². The lowest BCUT2D eigenvalue weighted by Gasteiger charge is -2.43. The summed E-state index contributed by atoms with van der Waals surface area (Å²) in [5.74, 6) is 2.70. The molecule has 164 valence electrons. The average molecular weight is 400 g/mol. The summed E-state index contributed by atoms with van der Waals surface area (Å²) < 4.78 is 0. The fourth-order valence-electron chi connectivity index (χ4n) is 4.27. The summed E-state index contributed by atoms with van der Waals surface area (Å²) in [5.41, 5.74) is 3.47. The molecule has 0 aromatic heterocycles. The first kappa shape index (κ1) is 25.1. The highest BCUT2D eigenvalue weighted by molar-refractivity contribution is 5.64. The number of nitrogens with one attached hydrogen (secondary N) is 2. The molecular formula is C26H45N3. The van der Waals surface area contributed by atoms with Crippen molar-refractivity contribution in [2.45, 2.75) is 73.1 Å². The second-order valence-electron chi connectivity index (χ2n) is 7.59. The Labute approximate surface area is 180 Å². The lowest BCUT2D eigenvalue weighted by Crippen LogP contribution is -2.40. The third-order valence-electron chi connectivity index (χ3n) is 5.77. The van der Waals surface area contributed by atoms with Gasteiger partial charge in [-0.05, 0) is 48.8 Å². The highest BCUT2D eigenvalue weighted by Gasteiger charge is 2.31. The van der Waals surface area contributed by atoms with E-state index < -0.39 is 0 Å². The Bertz CT molecular complexity index is 590. The Morgan fingerprint density at radius 2 is 1.59 bits per heavy atom. The maximum Gasteiger partial charge on any atom is 0.0957 e. The molecule has 2 unspecified atom stereocenters. The van der Waals surface area contributed by atoms with E-state index in [0.29, 0.717) is 0 Å². The zero-order valence-electron chi connectivity index (χ0n) is 19.7. The van der Waals surface area contributed by atoms with Crippen molar-refractivity contribution in [1.29, 1.82) is 0 Å². The smallest absolute Gasteiger partial charge is 0.0957 e. The Kier molecular flexibility index (Phi) is 12.3. The van der Waals surface area contributed by atoms with E-state index >= 15 is 0 Å². The van der Waals surface area contributed by atoms with Crippen LogP contribution in [0.2, 0.25) is 0 Å². The molecule has 0 spiro atoms. The maximum atomic E-state index is 4.39. The minimum atomic E-state index is 0.854. The minimum absolute atomic E-state index is 0.854. The predicted molar refractivity (Wildman–Crippen MR) is 131 cm³/mol. The molecule has 0 bridgehead atoms. The normalized spacial score (nSPS) is 20.1. The van der Waals surface area contributed by atoms with Crippen LogP contribution >= 0.6 is 0 Å². The molecule has 3 heteroatoms. The number of likely N-dealkylation sites (tertiary alicyclic amines) is 1. The van der Waals surface area contributed by atoms with Gasteiger partial charge in [-0.15, -0.1) is 0 Å². The lowest BCUT2D eigenvalue weighted by atomic mass is 9.75. The van der Waals surface area contributed by atoms with Gasteiger partial charge in [0, 0.05) is 31.0 Å². The Morgan fingerprint density at radius 1 is 0.966 bits per heavy atom. The molecule has 1 aromatic rings. The monoisotopic (exact) mass is 399 g/mol. The van der Waals surface area contributed by atoms with Gasteiger partial charge in [0.15, 0.2) is 0 Å². The van der Waals surface area contributed by atoms with Crippen molar-refractivity contribution >= 4 is 11.4 Å². The number of fused-ring (bicyclic) bond motifs is 1. The zero-order chi connectivity index (χ0) is 21.6. The number of hydrogen-bond donors (Lipinski definition) is 2. The minimum Gasteiger partial charge on any atom is -0.372 e. The van der Waals surface area contributed by atoms with Gasteiger partial charge in [0.25, 0.3) is 0 Å². The van der Waals surface area contributed by atoms with Crippen LogP contribution in [0.4, 0.5) is 5.69 Å². The molecule has 1 heterocycles. The van der Waals surface area contributed by atoms with Gasteiger partial charge >= 0.3 is 0 Å². The first-order valence-electron chi connectivity index (χ1n) is 11.9. The SMILES string of the molecule is C=C(NCCC)Nc1ccc(C(=C)N2CCC3CCCCC3C2)cc1.CC.CC. The highest BCUT2D eigenvalue weighted by atomic mass is 15.1. The van der Waals surface area contributed by atoms with E-state index in [1.807, 2.05) is 27.7 Å². The lowest BCUT2D eigenvalue weighted by molar-refractivity contribution is 0.124. The first-order valence-corrected chi connectivity index (χ1v) is 11.9. The van der Waals surface area contributed by atoms with Crippen molar-refractivity contribution < 1.29 is 0 Å². The van der Waals surface area contributed by atoms with Crippen LogP contribution in [0.5, 0.6) is 0 Å².